The molecule has 0 radical (unpaired) electrons. The molecule has 9 heteroatoms. The molecule has 0 spiro atoms. The van der Waals surface area contributed by atoms with Gasteiger partial charge in [0.2, 0.25) is 5.82 Å². The van der Waals surface area contributed by atoms with E-state index in [4.69, 9.17) is 25.5 Å². The van der Waals surface area contributed by atoms with E-state index < -0.39 is 12.1 Å². The largest absolute Gasteiger partial charge is 0.479 e. The van der Waals surface area contributed by atoms with Crippen LogP contribution in [0.15, 0.2) is 87.1 Å². The number of esters is 1. The molecule has 2 heterocycles. The minimum atomic E-state index is -0.775. The Balaban J connectivity index is 1.59. The van der Waals surface area contributed by atoms with E-state index >= 15 is 0 Å². The van der Waals surface area contributed by atoms with Crippen molar-refractivity contribution in [2.75, 3.05) is 7.11 Å². The average molecular weight is 502 g/mol. The standard InChI is InChI=1S/C27H20ClN3O5/c1-16(27(33)34-2)35-20-7-5-6-17(12-20)15-29-31-25(30-22-9-4-3-8-21(22)26(31)32)24-14-18-13-19(28)10-11-23(18)36-24/h3-16H,1-2H3/t16-/m0/s1. The van der Waals surface area contributed by atoms with Gasteiger partial charge in [-0.3, -0.25) is 4.79 Å². The van der Waals surface area contributed by atoms with Crippen LogP contribution < -0.4 is 10.3 Å². The van der Waals surface area contributed by atoms with Crippen LogP contribution in [0.25, 0.3) is 33.5 Å². The molecule has 0 saturated heterocycles. The van der Waals surface area contributed by atoms with Crippen molar-refractivity contribution >= 4 is 45.7 Å². The Morgan fingerprint density at radius 1 is 1.11 bits per heavy atom. The topological polar surface area (TPSA) is 95.9 Å². The number of methoxy groups -OCH3 is 1. The van der Waals surface area contributed by atoms with Crippen LogP contribution in [0, 0.1) is 0 Å². The summed E-state index contributed by atoms with van der Waals surface area (Å²) in [6.45, 7) is 1.60. The summed E-state index contributed by atoms with van der Waals surface area (Å²) in [6, 6.07) is 21.0. The number of carbonyl (C=O) groups is 1. The lowest BCUT2D eigenvalue weighted by atomic mass is 10.2. The van der Waals surface area contributed by atoms with Crippen molar-refractivity contribution in [2.24, 2.45) is 5.10 Å². The fraction of sp³-hybridized carbons (Fsp3) is 0.111. The Hall–Kier alpha value is -4.43. The van der Waals surface area contributed by atoms with E-state index in [1.165, 1.54) is 18.0 Å². The van der Waals surface area contributed by atoms with Crippen LogP contribution in [-0.4, -0.2) is 35.1 Å². The first-order valence-electron chi connectivity index (χ1n) is 11.0. The number of para-hydroxylation sites is 1. The SMILES string of the molecule is COC(=O)[C@H](C)Oc1cccc(C=Nn2c(-c3cc4cc(Cl)ccc4o3)nc3ccccc3c2=O)c1. The molecule has 0 aliphatic heterocycles. The van der Waals surface area contributed by atoms with Gasteiger partial charge in [-0.15, -0.1) is 0 Å². The van der Waals surface area contributed by atoms with E-state index in [1.54, 1.807) is 73.7 Å². The molecular formula is C27H20ClN3O5. The summed E-state index contributed by atoms with van der Waals surface area (Å²) in [5.41, 5.74) is 1.43. The molecule has 180 valence electrons. The van der Waals surface area contributed by atoms with Crippen molar-refractivity contribution in [3.8, 4) is 17.3 Å². The molecule has 0 unspecified atom stereocenters. The first kappa shape index (κ1) is 23.3. The molecule has 8 nitrogen and oxygen atoms in total. The van der Waals surface area contributed by atoms with E-state index in [0.29, 0.717) is 38.6 Å². The van der Waals surface area contributed by atoms with Crippen molar-refractivity contribution in [1.82, 2.24) is 9.66 Å². The van der Waals surface area contributed by atoms with Crippen molar-refractivity contribution in [3.05, 3.63) is 93.7 Å². The van der Waals surface area contributed by atoms with Gasteiger partial charge in [0.25, 0.3) is 5.56 Å². The quantitative estimate of drug-likeness (QED) is 0.232. The maximum atomic E-state index is 13.4. The van der Waals surface area contributed by atoms with E-state index in [-0.39, 0.29) is 11.4 Å². The highest BCUT2D eigenvalue weighted by Crippen LogP contribution is 2.29. The number of nitrogens with zero attached hydrogens (tertiary/aromatic N) is 3. The summed E-state index contributed by atoms with van der Waals surface area (Å²) in [5, 5.41) is 6.21. The molecule has 1 atom stereocenters. The molecule has 0 aliphatic rings. The molecule has 2 aromatic heterocycles. The first-order valence-corrected chi connectivity index (χ1v) is 11.4. The van der Waals surface area contributed by atoms with E-state index in [1.807, 2.05) is 6.07 Å². The third kappa shape index (κ3) is 4.58. The molecule has 3 aromatic carbocycles. The third-order valence-corrected chi connectivity index (χ3v) is 5.71. The van der Waals surface area contributed by atoms with Crippen molar-refractivity contribution in [1.29, 1.82) is 0 Å². The molecule has 5 rings (SSSR count). The summed E-state index contributed by atoms with van der Waals surface area (Å²) in [5.74, 6) is 0.583. The minimum absolute atomic E-state index is 0.244. The van der Waals surface area contributed by atoms with E-state index in [2.05, 4.69) is 10.1 Å². The molecule has 0 aliphatic carbocycles. The van der Waals surface area contributed by atoms with Gasteiger partial charge in [-0.05, 0) is 61.0 Å². The molecule has 36 heavy (non-hydrogen) atoms. The van der Waals surface area contributed by atoms with Gasteiger partial charge in [-0.25, -0.2) is 9.78 Å². The highest BCUT2D eigenvalue weighted by atomic mass is 35.5. The molecule has 0 bridgehead atoms. The minimum Gasteiger partial charge on any atom is -0.479 e. The lowest BCUT2D eigenvalue weighted by molar-refractivity contribution is -0.147. The lowest BCUT2D eigenvalue weighted by Crippen LogP contribution is -2.24. The average Bonchev–Trinajstić information content (AvgIpc) is 3.31. The molecular weight excluding hydrogens is 482 g/mol. The fourth-order valence-electron chi connectivity index (χ4n) is 3.73. The summed E-state index contributed by atoms with van der Waals surface area (Å²) in [6.07, 6.45) is 0.735. The van der Waals surface area contributed by atoms with Gasteiger partial charge >= 0.3 is 5.97 Å². The number of carbonyl (C=O) groups excluding carboxylic acids is 1. The number of benzene rings is 3. The maximum absolute atomic E-state index is 13.4. The zero-order valence-corrected chi connectivity index (χ0v) is 20.1. The predicted molar refractivity (Wildman–Crippen MR) is 138 cm³/mol. The van der Waals surface area contributed by atoms with Crippen LogP contribution >= 0.6 is 11.6 Å². The summed E-state index contributed by atoms with van der Waals surface area (Å²) in [4.78, 5) is 29.7. The van der Waals surface area contributed by atoms with Crippen LogP contribution in [0.5, 0.6) is 5.75 Å². The Kier molecular flexibility index (Phi) is 6.26. The zero-order chi connectivity index (χ0) is 25.2. The molecule has 0 saturated carbocycles. The van der Waals surface area contributed by atoms with Gasteiger partial charge in [-0.2, -0.15) is 9.78 Å². The van der Waals surface area contributed by atoms with Gasteiger partial charge in [0.15, 0.2) is 11.9 Å². The normalized spacial score (nSPS) is 12.3. The second-order valence-electron chi connectivity index (χ2n) is 7.96. The molecule has 5 aromatic rings. The van der Waals surface area contributed by atoms with E-state index in [9.17, 15) is 9.59 Å². The van der Waals surface area contributed by atoms with E-state index in [0.717, 1.165) is 5.39 Å². The van der Waals surface area contributed by atoms with Crippen LogP contribution in [0.3, 0.4) is 0 Å². The van der Waals surface area contributed by atoms with Crippen molar-refractivity contribution < 1.29 is 18.7 Å². The molecule has 0 amide bonds. The van der Waals surface area contributed by atoms with Crippen molar-refractivity contribution in [2.45, 2.75) is 13.0 Å². The number of hydrogen-bond acceptors (Lipinski definition) is 7. The van der Waals surface area contributed by atoms with Crippen molar-refractivity contribution in [3.63, 3.8) is 0 Å². The maximum Gasteiger partial charge on any atom is 0.346 e. The number of ether oxygens (including phenoxy) is 2. The molecule has 0 N–H and O–H groups in total. The Bertz CT molecular complexity index is 1690. The van der Waals surface area contributed by atoms with Gasteiger partial charge < -0.3 is 13.9 Å². The zero-order valence-electron chi connectivity index (χ0n) is 19.3. The van der Waals surface area contributed by atoms with Gasteiger partial charge in [0, 0.05) is 10.4 Å². The Morgan fingerprint density at radius 3 is 2.78 bits per heavy atom. The highest BCUT2D eigenvalue weighted by Gasteiger charge is 2.17. The second kappa shape index (κ2) is 9.67. The first-order chi connectivity index (χ1) is 17.4. The number of furan rings is 1. The van der Waals surface area contributed by atoms with Crippen LogP contribution in [-0.2, 0) is 9.53 Å². The van der Waals surface area contributed by atoms with Crippen LogP contribution in [0.1, 0.15) is 12.5 Å². The molecule has 0 fully saturated rings. The highest BCUT2D eigenvalue weighted by molar-refractivity contribution is 6.31. The Morgan fingerprint density at radius 2 is 1.94 bits per heavy atom. The fourth-order valence-corrected chi connectivity index (χ4v) is 3.91. The number of rotatable bonds is 6. The Labute approximate surface area is 210 Å². The van der Waals surface area contributed by atoms with Crippen LogP contribution in [0.4, 0.5) is 0 Å². The number of halogens is 1. The van der Waals surface area contributed by atoms with Gasteiger partial charge in [0.05, 0.1) is 24.2 Å². The second-order valence-corrected chi connectivity index (χ2v) is 8.40. The summed E-state index contributed by atoms with van der Waals surface area (Å²) >= 11 is 6.12. The number of fused-ring (bicyclic) bond motifs is 2. The van der Waals surface area contributed by atoms with Gasteiger partial charge in [0.1, 0.15) is 11.3 Å². The lowest BCUT2D eigenvalue weighted by Gasteiger charge is -2.12. The third-order valence-electron chi connectivity index (χ3n) is 5.48. The van der Waals surface area contributed by atoms with Crippen LogP contribution in [0.2, 0.25) is 5.02 Å². The van der Waals surface area contributed by atoms with Gasteiger partial charge in [-0.1, -0.05) is 35.9 Å². The number of hydrogen-bond donors (Lipinski definition) is 0. The summed E-state index contributed by atoms with van der Waals surface area (Å²) < 4.78 is 17.5. The summed E-state index contributed by atoms with van der Waals surface area (Å²) in [7, 11) is 1.30. The predicted octanol–water partition coefficient (Wildman–Crippen LogP) is 5.29. The smallest absolute Gasteiger partial charge is 0.346 e. The monoisotopic (exact) mass is 501 g/mol. The number of aromatic nitrogens is 2.